The highest BCUT2D eigenvalue weighted by Crippen LogP contribution is 2.39. The van der Waals surface area contributed by atoms with E-state index >= 15 is 0 Å². The third-order valence-electron chi connectivity index (χ3n) is 5.70. The lowest BCUT2D eigenvalue weighted by Crippen LogP contribution is -2.29. The molecule has 2 aliphatic rings. The quantitative estimate of drug-likeness (QED) is 0.636. The first-order valence-electron chi connectivity index (χ1n) is 8.80. The van der Waals surface area contributed by atoms with Crippen LogP contribution in [0.2, 0.25) is 0 Å². The summed E-state index contributed by atoms with van der Waals surface area (Å²) in [6.07, 6.45) is 12.5. The molecule has 116 valence electrons. The van der Waals surface area contributed by atoms with Crippen LogP contribution in [-0.2, 0) is 4.74 Å². The lowest BCUT2D eigenvalue weighted by molar-refractivity contribution is -0.00670. The largest absolute Gasteiger partial charge is 0.378 e. The van der Waals surface area contributed by atoms with Crippen molar-refractivity contribution in [2.75, 3.05) is 6.61 Å². The van der Waals surface area contributed by atoms with Crippen molar-refractivity contribution in [3.8, 4) is 0 Å². The Labute approximate surface area is 125 Å². The van der Waals surface area contributed by atoms with Gasteiger partial charge in [-0.25, -0.2) is 0 Å². The van der Waals surface area contributed by atoms with E-state index in [-0.39, 0.29) is 0 Å². The lowest BCUT2D eigenvalue weighted by atomic mass is 9.72. The Morgan fingerprint density at radius 1 is 1.00 bits per heavy atom. The van der Waals surface area contributed by atoms with Crippen LogP contribution in [0.15, 0.2) is 4.99 Å². The Hall–Kier alpha value is -0.370. The molecule has 1 atom stereocenters. The molecule has 0 aliphatic heterocycles. The molecule has 0 spiro atoms. The molecule has 2 heteroatoms. The highest BCUT2D eigenvalue weighted by atomic mass is 16.5. The van der Waals surface area contributed by atoms with Gasteiger partial charge in [-0.05, 0) is 75.8 Å². The third-order valence-corrected chi connectivity index (χ3v) is 5.70. The summed E-state index contributed by atoms with van der Waals surface area (Å²) in [6, 6.07) is 0.557. The van der Waals surface area contributed by atoms with Crippen molar-refractivity contribution in [2.45, 2.75) is 83.8 Å². The molecule has 0 amide bonds. The number of aliphatic imine (C=N–C) groups is 1. The standard InChI is InChI=1S/C18H33NO/c1-4-14(2)13-20-18-11-7-16(8-12-18)15-5-9-17(19-3)10-6-15/h14-18H,3-13H2,1-2H3. The zero-order valence-corrected chi connectivity index (χ0v) is 13.5. The summed E-state index contributed by atoms with van der Waals surface area (Å²) >= 11 is 0. The molecule has 2 saturated carbocycles. The SMILES string of the molecule is C=NC1CCC(C2CCC(OCC(C)CC)CC2)CC1. The second-order valence-corrected chi connectivity index (χ2v) is 7.13. The number of rotatable bonds is 6. The van der Waals surface area contributed by atoms with E-state index < -0.39 is 0 Å². The second kappa shape index (κ2) is 8.17. The summed E-state index contributed by atoms with van der Waals surface area (Å²) in [7, 11) is 0. The number of hydrogen-bond donors (Lipinski definition) is 0. The van der Waals surface area contributed by atoms with Crippen molar-refractivity contribution >= 4 is 6.72 Å². The van der Waals surface area contributed by atoms with E-state index in [1.807, 2.05) is 0 Å². The van der Waals surface area contributed by atoms with E-state index in [4.69, 9.17) is 4.74 Å². The first kappa shape index (κ1) is 16.0. The Balaban J connectivity index is 1.65. The van der Waals surface area contributed by atoms with Gasteiger partial charge in [0.25, 0.3) is 0 Å². The summed E-state index contributed by atoms with van der Waals surface area (Å²) in [5.41, 5.74) is 0. The maximum atomic E-state index is 6.08. The van der Waals surface area contributed by atoms with Gasteiger partial charge in [0.1, 0.15) is 0 Å². The molecule has 0 aromatic carbocycles. The molecular formula is C18H33NO. The van der Waals surface area contributed by atoms with Crippen LogP contribution >= 0.6 is 0 Å². The Morgan fingerprint density at radius 3 is 2.05 bits per heavy atom. The van der Waals surface area contributed by atoms with E-state index in [9.17, 15) is 0 Å². The predicted octanol–water partition coefficient (Wildman–Crippen LogP) is 4.87. The molecule has 0 saturated heterocycles. The molecule has 2 rings (SSSR count). The van der Waals surface area contributed by atoms with Crippen LogP contribution in [0.1, 0.15) is 71.6 Å². The fourth-order valence-corrected chi connectivity index (χ4v) is 3.90. The normalized spacial score (nSPS) is 36.5. The first-order valence-corrected chi connectivity index (χ1v) is 8.80. The summed E-state index contributed by atoms with van der Waals surface area (Å²) in [5.74, 6) is 2.64. The molecule has 0 N–H and O–H groups in total. The average Bonchev–Trinajstić information content (AvgIpc) is 2.53. The molecule has 2 nitrogen and oxygen atoms in total. The highest BCUT2D eigenvalue weighted by Gasteiger charge is 2.30. The van der Waals surface area contributed by atoms with Crippen LogP contribution < -0.4 is 0 Å². The predicted molar refractivity (Wildman–Crippen MR) is 86.4 cm³/mol. The van der Waals surface area contributed by atoms with Gasteiger partial charge in [-0.15, -0.1) is 0 Å². The Morgan fingerprint density at radius 2 is 1.55 bits per heavy atom. The first-order chi connectivity index (χ1) is 9.72. The zero-order valence-electron chi connectivity index (χ0n) is 13.5. The van der Waals surface area contributed by atoms with Gasteiger partial charge in [0.05, 0.1) is 6.10 Å². The third kappa shape index (κ3) is 4.58. The van der Waals surface area contributed by atoms with E-state index in [0.29, 0.717) is 12.1 Å². The minimum absolute atomic E-state index is 0.548. The molecular weight excluding hydrogens is 246 g/mol. The maximum absolute atomic E-state index is 6.08. The van der Waals surface area contributed by atoms with Crippen LogP contribution in [0.25, 0.3) is 0 Å². The summed E-state index contributed by atoms with van der Waals surface area (Å²) in [4.78, 5) is 4.22. The molecule has 0 heterocycles. The summed E-state index contributed by atoms with van der Waals surface area (Å²) in [5, 5.41) is 0. The molecule has 0 aromatic rings. The van der Waals surface area contributed by atoms with Crippen LogP contribution in [0, 0.1) is 17.8 Å². The Bertz CT molecular complexity index is 275. The van der Waals surface area contributed by atoms with Crippen LogP contribution in [0.5, 0.6) is 0 Å². The molecule has 20 heavy (non-hydrogen) atoms. The number of nitrogens with zero attached hydrogens (tertiary/aromatic N) is 1. The molecule has 0 bridgehead atoms. The molecule has 0 radical (unpaired) electrons. The van der Waals surface area contributed by atoms with Gasteiger partial charge in [-0.1, -0.05) is 20.3 Å². The van der Waals surface area contributed by atoms with Gasteiger partial charge in [0.2, 0.25) is 0 Å². The fourth-order valence-electron chi connectivity index (χ4n) is 3.90. The van der Waals surface area contributed by atoms with Gasteiger partial charge in [-0.2, -0.15) is 0 Å². The highest BCUT2D eigenvalue weighted by molar-refractivity contribution is 5.24. The number of hydrogen-bond acceptors (Lipinski definition) is 2. The van der Waals surface area contributed by atoms with E-state index in [2.05, 4.69) is 25.6 Å². The van der Waals surface area contributed by atoms with Crippen molar-refractivity contribution in [2.24, 2.45) is 22.7 Å². The van der Waals surface area contributed by atoms with Gasteiger partial charge >= 0.3 is 0 Å². The minimum Gasteiger partial charge on any atom is -0.378 e. The van der Waals surface area contributed by atoms with Crippen molar-refractivity contribution < 1.29 is 4.74 Å². The monoisotopic (exact) mass is 279 g/mol. The molecule has 0 aromatic heterocycles. The van der Waals surface area contributed by atoms with Crippen molar-refractivity contribution in [3.05, 3.63) is 0 Å². The van der Waals surface area contributed by atoms with Gasteiger partial charge in [-0.3, -0.25) is 4.99 Å². The maximum Gasteiger partial charge on any atom is 0.0575 e. The molecule has 1 unspecified atom stereocenters. The second-order valence-electron chi connectivity index (χ2n) is 7.13. The van der Waals surface area contributed by atoms with E-state index in [1.54, 1.807) is 0 Å². The number of ether oxygens (including phenoxy) is 1. The van der Waals surface area contributed by atoms with Crippen LogP contribution in [-0.4, -0.2) is 25.5 Å². The Kier molecular flexibility index (Phi) is 6.54. The topological polar surface area (TPSA) is 21.6 Å². The van der Waals surface area contributed by atoms with E-state index in [0.717, 1.165) is 24.4 Å². The van der Waals surface area contributed by atoms with Crippen LogP contribution in [0.3, 0.4) is 0 Å². The smallest absolute Gasteiger partial charge is 0.0575 e. The van der Waals surface area contributed by atoms with Crippen molar-refractivity contribution in [1.29, 1.82) is 0 Å². The zero-order chi connectivity index (χ0) is 14.4. The fraction of sp³-hybridized carbons (Fsp3) is 0.944. The van der Waals surface area contributed by atoms with Gasteiger partial charge < -0.3 is 4.74 Å². The average molecular weight is 279 g/mol. The minimum atomic E-state index is 0.548. The lowest BCUT2D eigenvalue weighted by Gasteiger charge is -2.37. The van der Waals surface area contributed by atoms with Gasteiger partial charge in [0, 0.05) is 12.6 Å². The molecule has 2 aliphatic carbocycles. The van der Waals surface area contributed by atoms with E-state index in [1.165, 1.54) is 57.8 Å². The van der Waals surface area contributed by atoms with Crippen LogP contribution in [0.4, 0.5) is 0 Å². The molecule has 2 fully saturated rings. The van der Waals surface area contributed by atoms with Gasteiger partial charge in [0.15, 0.2) is 0 Å². The summed E-state index contributed by atoms with van der Waals surface area (Å²) in [6.45, 7) is 9.21. The van der Waals surface area contributed by atoms with Crippen molar-refractivity contribution in [1.82, 2.24) is 0 Å². The summed E-state index contributed by atoms with van der Waals surface area (Å²) < 4.78 is 6.08. The van der Waals surface area contributed by atoms with Crippen molar-refractivity contribution in [3.63, 3.8) is 0 Å².